The summed E-state index contributed by atoms with van der Waals surface area (Å²) in [6, 6.07) is 8.10. The molecule has 1 aromatic rings. The van der Waals surface area contributed by atoms with Crippen LogP contribution in [0.3, 0.4) is 0 Å². The van der Waals surface area contributed by atoms with E-state index in [-0.39, 0.29) is 5.60 Å². The molecule has 3 rings (SSSR count). The molecule has 2 atom stereocenters. The standard InChI is InChI=1S/C14H19NO2S/c15-12-3-1-2-4-13(12)18-11-5-7-17-14(9-11)6-8-16-10-14/h1-4,11H,5-10,15H2. The van der Waals surface area contributed by atoms with E-state index in [4.69, 9.17) is 15.2 Å². The highest BCUT2D eigenvalue weighted by atomic mass is 32.2. The lowest BCUT2D eigenvalue weighted by atomic mass is 9.93. The quantitative estimate of drug-likeness (QED) is 0.835. The molecule has 0 aliphatic carbocycles. The van der Waals surface area contributed by atoms with Gasteiger partial charge in [0.25, 0.3) is 0 Å². The summed E-state index contributed by atoms with van der Waals surface area (Å²) in [7, 11) is 0. The van der Waals surface area contributed by atoms with Crippen LogP contribution in [0.4, 0.5) is 5.69 Å². The van der Waals surface area contributed by atoms with Crippen molar-refractivity contribution in [1.82, 2.24) is 0 Å². The van der Waals surface area contributed by atoms with Crippen LogP contribution in [0, 0.1) is 0 Å². The summed E-state index contributed by atoms with van der Waals surface area (Å²) in [6.45, 7) is 2.44. The van der Waals surface area contributed by atoms with E-state index >= 15 is 0 Å². The van der Waals surface area contributed by atoms with Crippen LogP contribution in [-0.4, -0.2) is 30.7 Å². The minimum Gasteiger partial charge on any atom is -0.398 e. The summed E-state index contributed by atoms with van der Waals surface area (Å²) in [6.07, 6.45) is 3.21. The second-order valence-corrected chi connectivity index (χ2v) is 6.45. The highest BCUT2D eigenvalue weighted by molar-refractivity contribution is 8.00. The van der Waals surface area contributed by atoms with Gasteiger partial charge in [0.05, 0.1) is 12.2 Å². The summed E-state index contributed by atoms with van der Waals surface area (Å²) in [5, 5.41) is 0.588. The van der Waals surface area contributed by atoms with Crippen LogP contribution in [0.1, 0.15) is 19.3 Å². The predicted octanol–water partition coefficient (Wildman–Crippen LogP) is 2.70. The normalized spacial score (nSPS) is 31.9. The van der Waals surface area contributed by atoms with Gasteiger partial charge >= 0.3 is 0 Å². The number of hydrogen-bond acceptors (Lipinski definition) is 4. The van der Waals surface area contributed by atoms with Gasteiger partial charge in [-0.1, -0.05) is 12.1 Å². The summed E-state index contributed by atoms with van der Waals surface area (Å²) >= 11 is 1.89. The Hall–Kier alpha value is -0.710. The maximum atomic E-state index is 6.01. The largest absolute Gasteiger partial charge is 0.398 e. The SMILES string of the molecule is Nc1ccccc1SC1CCOC2(CCOC2)C1. The number of nitrogen functional groups attached to an aromatic ring is 1. The van der Waals surface area contributed by atoms with E-state index in [9.17, 15) is 0 Å². The Morgan fingerprint density at radius 2 is 2.17 bits per heavy atom. The Labute approximate surface area is 112 Å². The molecule has 0 saturated carbocycles. The van der Waals surface area contributed by atoms with Crippen molar-refractivity contribution in [3.05, 3.63) is 24.3 Å². The molecule has 98 valence electrons. The number of benzene rings is 1. The zero-order valence-corrected chi connectivity index (χ0v) is 11.2. The van der Waals surface area contributed by atoms with Crippen LogP contribution < -0.4 is 5.73 Å². The second kappa shape index (κ2) is 5.11. The van der Waals surface area contributed by atoms with E-state index in [0.717, 1.165) is 44.8 Å². The highest BCUT2D eigenvalue weighted by Gasteiger charge is 2.41. The van der Waals surface area contributed by atoms with Crippen molar-refractivity contribution in [3.63, 3.8) is 0 Å². The van der Waals surface area contributed by atoms with Crippen molar-refractivity contribution in [3.8, 4) is 0 Å². The van der Waals surface area contributed by atoms with Crippen LogP contribution in [0.2, 0.25) is 0 Å². The van der Waals surface area contributed by atoms with E-state index in [2.05, 4.69) is 6.07 Å². The summed E-state index contributed by atoms with van der Waals surface area (Å²) in [5.74, 6) is 0. The number of ether oxygens (including phenoxy) is 2. The van der Waals surface area contributed by atoms with E-state index < -0.39 is 0 Å². The molecule has 2 heterocycles. The van der Waals surface area contributed by atoms with Crippen molar-refractivity contribution in [2.45, 2.75) is 35.0 Å². The zero-order chi connectivity index (χ0) is 12.4. The third kappa shape index (κ3) is 2.51. The monoisotopic (exact) mass is 265 g/mol. The van der Waals surface area contributed by atoms with Crippen LogP contribution in [0.5, 0.6) is 0 Å². The summed E-state index contributed by atoms with van der Waals surface area (Å²) in [4.78, 5) is 1.19. The van der Waals surface area contributed by atoms with Gasteiger partial charge in [-0.2, -0.15) is 0 Å². The zero-order valence-electron chi connectivity index (χ0n) is 10.4. The van der Waals surface area contributed by atoms with E-state index in [0.29, 0.717) is 5.25 Å². The number of rotatable bonds is 2. The first-order valence-electron chi connectivity index (χ1n) is 6.50. The lowest BCUT2D eigenvalue weighted by Crippen LogP contribution is -2.41. The highest BCUT2D eigenvalue weighted by Crippen LogP contribution is 2.41. The molecule has 1 spiro atoms. The van der Waals surface area contributed by atoms with Gasteiger partial charge in [-0.3, -0.25) is 0 Å². The number of nitrogens with two attached hydrogens (primary N) is 1. The molecular formula is C14H19NO2S. The van der Waals surface area contributed by atoms with Gasteiger partial charge in [-0.25, -0.2) is 0 Å². The molecule has 1 aromatic carbocycles. The predicted molar refractivity (Wildman–Crippen MR) is 73.9 cm³/mol. The average molecular weight is 265 g/mol. The molecule has 2 aliphatic heterocycles. The third-order valence-electron chi connectivity index (χ3n) is 3.73. The first-order valence-corrected chi connectivity index (χ1v) is 7.38. The summed E-state index contributed by atoms with van der Waals surface area (Å²) < 4.78 is 11.5. The lowest BCUT2D eigenvalue weighted by Gasteiger charge is -2.36. The smallest absolute Gasteiger partial charge is 0.0947 e. The molecule has 2 N–H and O–H groups in total. The van der Waals surface area contributed by atoms with Crippen LogP contribution in [0.15, 0.2) is 29.2 Å². The van der Waals surface area contributed by atoms with Crippen molar-refractivity contribution in [2.75, 3.05) is 25.6 Å². The summed E-state index contributed by atoms with van der Waals surface area (Å²) in [5.41, 5.74) is 6.87. The molecule has 4 heteroatoms. The van der Waals surface area contributed by atoms with Gasteiger partial charge < -0.3 is 15.2 Å². The molecule has 0 radical (unpaired) electrons. The van der Waals surface area contributed by atoms with Crippen LogP contribution >= 0.6 is 11.8 Å². The second-order valence-electron chi connectivity index (χ2n) is 5.10. The van der Waals surface area contributed by atoms with Crippen molar-refractivity contribution in [2.24, 2.45) is 0 Å². The molecular weight excluding hydrogens is 246 g/mol. The van der Waals surface area contributed by atoms with Crippen molar-refractivity contribution < 1.29 is 9.47 Å². The third-order valence-corrected chi connectivity index (χ3v) is 5.09. The first-order chi connectivity index (χ1) is 8.77. The molecule has 3 nitrogen and oxygen atoms in total. The Morgan fingerprint density at radius 1 is 1.28 bits per heavy atom. The molecule has 2 unspecified atom stereocenters. The fourth-order valence-corrected chi connectivity index (χ4v) is 4.04. The molecule has 2 fully saturated rings. The van der Waals surface area contributed by atoms with Crippen LogP contribution in [0.25, 0.3) is 0 Å². The fourth-order valence-electron chi connectivity index (χ4n) is 2.71. The Kier molecular flexibility index (Phi) is 3.50. The molecule has 2 saturated heterocycles. The lowest BCUT2D eigenvalue weighted by molar-refractivity contribution is -0.0769. The van der Waals surface area contributed by atoms with Crippen LogP contribution in [-0.2, 0) is 9.47 Å². The Bertz CT molecular complexity index is 418. The molecule has 18 heavy (non-hydrogen) atoms. The number of hydrogen-bond donors (Lipinski definition) is 1. The van der Waals surface area contributed by atoms with Crippen molar-refractivity contribution >= 4 is 17.4 Å². The van der Waals surface area contributed by atoms with Gasteiger partial charge in [0, 0.05) is 35.5 Å². The van der Waals surface area contributed by atoms with Gasteiger partial charge in [-0.05, 0) is 25.0 Å². The average Bonchev–Trinajstić information content (AvgIpc) is 2.80. The topological polar surface area (TPSA) is 44.5 Å². The maximum Gasteiger partial charge on any atom is 0.0947 e. The number of anilines is 1. The minimum atomic E-state index is -0.0144. The molecule has 0 aromatic heterocycles. The van der Waals surface area contributed by atoms with E-state index in [1.807, 2.05) is 30.0 Å². The van der Waals surface area contributed by atoms with Gasteiger partial charge in [0.2, 0.25) is 0 Å². The van der Waals surface area contributed by atoms with Crippen molar-refractivity contribution in [1.29, 1.82) is 0 Å². The number of thioether (sulfide) groups is 1. The van der Waals surface area contributed by atoms with E-state index in [1.54, 1.807) is 0 Å². The first kappa shape index (κ1) is 12.3. The molecule has 0 bridgehead atoms. The Morgan fingerprint density at radius 3 is 2.94 bits per heavy atom. The maximum absolute atomic E-state index is 6.01. The van der Waals surface area contributed by atoms with Gasteiger partial charge in [0.15, 0.2) is 0 Å². The number of para-hydroxylation sites is 1. The minimum absolute atomic E-state index is 0.0144. The van der Waals surface area contributed by atoms with Gasteiger partial charge in [0.1, 0.15) is 0 Å². The molecule has 0 amide bonds. The Balaban J connectivity index is 1.68. The fraction of sp³-hybridized carbons (Fsp3) is 0.571. The van der Waals surface area contributed by atoms with E-state index in [1.165, 1.54) is 4.90 Å². The van der Waals surface area contributed by atoms with Gasteiger partial charge in [-0.15, -0.1) is 11.8 Å². The molecule has 2 aliphatic rings.